The number of hydrogen-bond donors (Lipinski definition) is 2. The maximum atomic E-state index is 12.2. The minimum Gasteiger partial charge on any atom is -0.388 e. The minimum absolute atomic E-state index is 0.0572. The molecule has 0 spiro atoms. The van der Waals surface area contributed by atoms with Crippen LogP contribution in [-0.4, -0.2) is 46.3 Å². The van der Waals surface area contributed by atoms with Crippen molar-refractivity contribution in [3.05, 3.63) is 35.4 Å². The van der Waals surface area contributed by atoms with Crippen LogP contribution < -0.4 is 0 Å². The summed E-state index contributed by atoms with van der Waals surface area (Å²) >= 11 is 0. The first-order chi connectivity index (χ1) is 8.79. The predicted molar refractivity (Wildman–Crippen MR) is 73.1 cm³/mol. The van der Waals surface area contributed by atoms with Crippen LogP contribution in [0.4, 0.5) is 0 Å². The highest BCUT2D eigenvalue weighted by atomic mass is 16.3. The van der Waals surface area contributed by atoms with Crippen molar-refractivity contribution in [1.29, 1.82) is 0 Å². The Morgan fingerprint density at radius 3 is 2.00 bits per heavy atom. The van der Waals surface area contributed by atoms with Gasteiger partial charge in [-0.25, -0.2) is 0 Å². The Bertz CT molecular complexity index is 451. The van der Waals surface area contributed by atoms with Gasteiger partial charge in [-0.05, 0) is 23.1 Å². The lowest BCUT2D eigenvalue weighted by Gasteiger charge is -2.20. The molecule has 1 aromatic carbocycles. The van der Waals surface area contributed by atoms with Crippen LogP contribution in [0.25, 0.3) is 0 Å². The van der Waals surface area contributed by atoms with E-state index in [1.807, 2.05) is 12.1 Å². The standard InChI is InChI=1S/C15H21NO3/c1-15(2,3)11-6-4-10(5-7-11)14(19)16-8-12(17)13(18)9-16/h4-7,12-13,17-18H,8-9H2,1-3H3/t12-,13+. The van der Waals surface area contributed by atoms with E-state index in [0.717, 1.165) is 0 Å². The van der Waals surface area contributed by atoms with Gasteiger partial charge < -0.3 is 15.1 Å². The summed E-state index contributed by atoms with van der Waals surface area (Å²) in [5.74, 6) is -0.143. The van der Waals surface area contributed by atoms with E-state index >= 15 is 0 Å². The van der Waals surface area contributed by atoms with Gasteiger partial charge in [0.2, 0.25) is 0 Å². The van der Waals surface area contributed by atoms with Gasteiger partial charge in [0.1, 0.15) is 0 Å². The summed E-state index contributed by atoms with van der Waals surface area (Å²) in [5.41, 5.74) is 1.82. The van der Waals surface area contributed by atoms with Crippen LogP contribution in [-0.2, 0) is 5.41 Å². The van der Waals surface area contributed by atoms with Crippen LogP contribution in [0.5, 0.6) is 0 Å². The van der Waals surface area contributed by atoms with E-state index in [4.69, 9.17) is 0 Å². The number of benzene rings is 1. The SMILES string of the molecule is CC(C)(C)c1ccc(C(=O)N2C[C@@H](O)[C@@H](O)C2)cc1. The molecule has 1 aromatic rings. The van der Waals surface area contributed by atoms with Gasteiger partial charge in [-0.2, -0.15) is 0 Å². The van der Waals surface area contributed by atoms with Gasteiger partial charge in [0, 0.05) is 18.7 Å². The van der Waals surface area contributed by atoms with E-state index in [9.17, 15) is 15.0 Å². The molecular formula is C15H21NO3. The Morgan fingerprint density at radius 1 is 1.11 bits per heavy atom. The normalized spacial score (nSPS) is 23.7. The van der Waals surface area contributed by atoms with Gasteiger partial charge in [0.05, 0.1) is 12.2 Å². The van der Waals surface area contributed by atoms with Crippen LogP contribution in [0.3, 0.4) is 0 Å². The predicted octanol–water partition coefficient (Wildman–Crippen LogP) is 1.16. The first kappa shape index (κ1) is 14.0. The van der Waals surface area contributed by atoms with Gasteiger partial charge in [-0.15, -0.1) is 0 Å². The maximum Gasteiger partial charge on any atom is 0.254 e. The monoisotopic (exact) mass is 263 g/mol. The van der Waals surface area contributed by atoms with Gasteiger partial charge in [0.25, 0.3) is 5.91 Å². The third-order valence-corrected chi connectivity index (χ3v) is 3.54. The van der Waals surface area contributed by atoms with Gasteiger partial charge in [0.15, 0.2) is 0 Å². The molecule has 1 fully saturated rings. The molecule has 2 rings (SSSR count). The lowest BCUT2D eigenvalue weighted by Crippen LogP contribution is -2.29. The Hall–Kier alpha value is -1.39. The molecule has 0 unspecified atom stereocenters. The molecular weight excluding hydrogens is 242 g/mol. The van der Waals surface area contributed by atoms with Crippen molar-refractivity contribution in [2.45, 2.75) is 38.4 Å². The molecule has 0 bridgehead atoms. The third-order valence-electron chi connectivity index (χ3n) is 3.54. The zero-order chi connectivity index (χ0) is 14.2. The highest BCUT2D eigenvalue weighted by Gasteiger charge is 2.32. The van der Waals surface area contributed by atoms with E-state index < -0.39 is 12.2 Å². The summed E-state index contributed by atoms with van der Waals surface area (Å²) in [5, 5.41) is 18.9. The topological polar surface area (TPSA) is 60.8 Å². The molecule has 1 saturated heterocycles. The molecule has 0 aromatic heterocycles. The molecule has 1 aliphatic heterocycles. The van der Waals surface area contributed by atoms with Crippen LogP contribution in [0, 0.1) is 0 Å². The highest BCUT2D eigenvalue weighted by molar-refractivity contribution is 5.94. The van der Waals surface area contributed by atoms with E-state index in [1.54, 1.807) is 12.1 Å². The molecule has 104 valence electrons. The molecule has 2 atom stereocenters. The summed E-state index contributed by atoms with van der Waals surface area (Å²) in [4.78, 5) is 13.7. The molecule has 19 heavy (non-hydrogen) atoms. The summed E-state index contributed by atoms with van der Waals surface area (Å²) in [6.07, 6.45) is -1.67. The molecule has 1 amide bonds. The largest absolute Gasteiger partial charge is 0.388 e. The second-order valence-electron chi connectivity index (χ2n) is 6.17. The van der Waals surface area contributed by atoms with Crippen molar-refractivity contribution in [2.75, 3.05) is 13.1 Å². The number of carbonyl (C=O) groups is 1. The molecule has 2 N–H and O–H groups in total. The Labute approximate surface area is 113 Å². The number of aliphatic hydroxyl groups excluding tert-OH is 2. The van der Waals surface area contributed by atoms with Crippen molar-refractivity contribution in [2.24, 2.45) is 0 Å². The van der Waals surface area contributed by atoms with E-state index in [-0.39, 0.29) is 24.4 Å². The first-order valence-corrected chi connectivity index (χ1v) is 6.55. The van der Waals surface area contributed by atoms with Crippen LogP contribution in [0.15, 0.2) is 24.3 Å². The minimum atomic E-state index is -0.835. The molecule has 4 heteroatoms. The first-order valence-electron chi connectivity index (χ1n) is 6.55. The fourth-order valence-electron chi connectivity index (χ4n) is 2.23. The average molecular weight is 263 g/mol. The number of likely N-dealkylation sites (tertiary alicyclic amines) is 1. The number of aliphatic hydroxyl groups is 2. The maximum absolute atomic E-state index is 12.2. The van der Waals surface area contributed by atoms with Gasteiger partial charge in [-0.1, -0.05) is 32.9 Å². The van der Waals surface area contributed by atoms with Crippen molar-refractivity contribution in [1.82, 2.24) is 4.90 Å². The molecule has 4 nitrogen and oxygen atoms in total. The molecule has 0 radical (unpaired) electrons. The summed E-state index contributed by atoms with van der Waals surface area (Å²) in [7, 11) is 0. The number of amides is 1. The van der Waals surface area contributed by atoms with Crippen molar-refractivity contribution in [3.63, 3.8) is 0 Å². The number of nitrogens with zero attached hydrogens (tertiary/aromatic N) is 1. The second-order valence-corrected chi connectivity index (χ2v) is 6.17. The lowest BCUT2D eigenvalue weighted by molar-refractivity contribution is 0.0572. The zero-order valence-electron chi connectivity index (χ0n) is 11.6. The Kier molecular flexibility index (Phi) is 3.65. The molecule has 1 aliphatic rings. The Morgan fingerprint density at radius 2 is 1.58 bits per heavy atom. The summed E-state index contributed by atoms with van der Waals surface area (Å²) in [6, 6.07) is 7.52. The fraction of sp³-hybridized carbons (Fsp3) is 0.533. The fourth-order valence-corrected chi connectivity index (χ4v) is 2.23. The Balaban J connectivity index is 2.13. The van der Waals surface area contributed by atoms with E-state index in [2.05, 4.69) is 20.8 Å². The number of carbonyl (C=O) groups excluding carboxylic acids is 1. The lowest BCUT2D eigenvalue weighted by atomic mass is 9.86. The summed E-state index contributed by atoms with van der Waals surface area (Å²) in [6.45, 7) is 6.76. The van der Waals surface area contributed by atoms with E-state index in [0.29, 0.717) is 5.56 Å². The number of hydrogen-bond acceptors (Lipinski definition) is 3. The van der Waals surface area contributed by atoms with E-state index in [1.165, 1.54) is 10.5 Å². The molecule has 0 aliphatic carbocycles. The zero-order valence-corrected chi connectivity index (χ0v) is 11.6. The van der Waals surface area contributed by atoms with Crippen molar-refractivity contribution in [3.8, 4) is 0 Å². The van der Waals surface area contributed by atoms with Crippen LogP contribution in [0.2, 0.25) is 0 Å². The van der Waals surface area contributed by atoms with Crippen molar-refractivity contribution < 1.29 is 15.0 Å². The molecule has 1 heterocycles. The van der Waals surface area contributed by atoms with Crippen molar-refractivity contribution >= 4 is 5.91 Å². The third kappa shape index (κ3) is 2.96. The highest BCUT2D eigenvalue weighted by Crippen LogP contribution is 2.23. The number of β-amino-alcohol motifs (C(OH)–C–C–N with tert-alkyl or cyclic N) is 2. The smallest absolute Gasteiger partial charge is 0.254 e. The second kappa shape index (κ2) is 4.94. The summed E-state index contributed by atoms with van der Waals surface area (Å²) < 4.78 is 0. The van der Waals surface area contributed by atoms with Gasteiger partial charge in [-0.3, -0.25) is 4.79 Å². The van der Waals surface area contributed by atoms with Crippen LogP contribution >= 0.6 is 0 Å². The quantitative estimate of drug-likeness (QED) is 0.799. The number of rotatable bonds is 1. The van der Waals surface area contributed by atoms with Crippen LogP contribution in [0.1, 0.15) is 36.7 Å². The average Bonchev–Trinajstić information content (AvgIpc) is 2.68. The molecule has 0 saturated carbocycles. The van der Waals surface area contributed by atoms with Gasteiger partial charge >= 0.3 is 0 Å².